The summed E-state index contributed by atoms with van der Waals surface area (Å²) in [6.45, 7) is 0. The van der Waals surface area contributed by atoms with Crippen molar-refractivity contribution < 1.29 is 4.42 Å². The molecule has 0 fully saturated rings. The summed E-state index contributed by atoms with van der Waals surface area (Å²) in [5.41, 5.74) is 9.39. The van der Waals surface area contributed by atoms with Crippen LogP contribution in [0.5, 0.6) is 0 Å². The highest BCUT2D eigenvalue weighted by Gasteiger charge is 2.21. The lowest BCUT2D eigenvalue weighted by Gasteiger charge is -2.26. The lowest BCUT2D eigenvalue weighted by atomic mass is 9.97. The van der Waals surface area contributed by atoms with Gasteiger partial charge in [0, 0.05) is 22.1 Å². The van der Waals surface area contributed by atoms with E-state index in [0.29, 0.717) is 0 Å². The third-order valence-electron chi connectivity index (χ3n) is 9.91. The van der Waals surface area contributed by atoms with Crippen molar-refractivity contribution in [2.45, 2.75) is 0 Å². The van der Waals surface area contributed by atoms with Crippen molar-refractivity contribution in [3.8, 4) is 22.3 Å². The molecule has 2 aromatic heterocycles. The molecule has 2 heterocycles. The average Bonchev–Trinajstić information content (AvgIpc) is 3.58. The van der Waals surface area contributed by atoms with Gasteiger partial charge < -0.3 is 9.32 Å². The topological polar surface area (TPSA) is 29.3 Å². The minimum Gasteiger partial charge on any atom is -0.454 e. The van der Waals surface area contributed by atoms with Crippen LogP contribution in [0.15, 0.2) is 187 Å². The number of hydrogen-bond donors (Lipinski definition) is 0. The minimum absolute atomic E-state index is 0.761. The molecule has 10 rings (SSSR count). The van der Waals surface area contributed by atoms with Crippen LogP contribution in [-0.2, 0) is 0 Å². The van der Waals surface area contributed by atoms with Gasteiger partial charge in [-0.2, -0.15) is 0 Å². The van der Waals surface area contributed by atoms with E-state index in [1.54, 1.807) is 0 Å². The van der Waals surface area contributed by atoms with E-state index >= 15 is 0 Å². The average molecular weight is 639 g/mol. The highest BCUT2D eigenvalue weighted by Crippen LogP contribution is 2.45. The van der Waals surface area contributed by atoms with Gasteiger partial charge >= 0.3 is 0 Å². The zero-order valence-electron chi connectivity index (χ0n) is 27.1. The molecule has 0 aliphatic rings. The van der Waals surface area contributed by atoms with E-state index in [1.165, 1.54) is 38.2 Å². The molecule has 10 aromatic rings. The fraction of sp³-hybridized carbons (Fsp3) is 0. The van der Waals surface area contributed by atoms with Crippen LogP contribution < -0.4 is 4.90 Å². The monoisotopic (exact) mass is 638 g/mol. The van der Waals surface area contributed by atoms with Gasteiger partial charge in [0.2, 0.25) is 0 Å². The van der Waals surface area contributed by atoms with Crippen LogP contribution in [-0.4, -0.2) is 4.98 Å². The second-order valence-corrected chi connectivity index (χ2v) is 12.8. The highest BCUT2D eigenvalue weighted by atomic mass is 16.3. The number of fused-ring (bicyclic) bond motifs is 7. The Labute approximate surface area is 289 Å². The Morgan fingerprint density at radius 2 is 1.10 bits per heavy atom. The highest BCUT2D eigenvalue weighted by molar-refractivity contribution is 6.19. The Kier molecular flexibility index (Phi) is 6.49. The molecule has 0 radical (unpaired) electrons. The molecule has 0 aliphatic carbocycles. The van der Waals surface area contributed by atoms with Gasteiger partial charge in [-0.1, -0.05) is 133 Å². The summed E-state index contributed by atoms with van der Waals surface area (Å²) < 4.78 is 6.59. The van der Waals surface area contributed by atoms with Gasteiger partial charge in [0.05, 0.1) is 23.5 Å². The number of benzene rings is 8. The lowest BCUT2D eigenvalue weighted by molar-refractivity contribution is 0.670. The molecular weight excluding hydrogens is 609 g/mol. The number of hydrogen-bond acceptors (Lipinski definition) is 3. The third-order valence-corrected chi connectivity index (χ3v) is 9.91. The zero-order chi connectivity index (χ0) is 33.0. The van der Waals surface area contributed by atoms with E-state index in [4.69, 9.17) is 9.40 Å². The zero-order valence-corrected chi connectivity index (χ0v) is 27.1. The summed E-state index contributed by atoms with van der Waals surface area (Å²) in [6, 6.07) is 60.7. The predicted molar refractivity (Wildman–Crippen MR) is 210 cm³/mol. The Hall–Kier alpha value is -6.71. The summed E-state index contributed by atoms with van der Waals surface area (Å²) >= 11 is 0. The van der Waals surface area contributed by atoms with Crippen LogP contribution >= 0.6 is 0 Å². The minimum atomic E-state index is 0.761. The molecule has 50 heavy (non-hydrogen) atoms. The standard InChI is InChI=1S/C47H30N2O/c1-2-12-35-27-36(20-19-31(35)9-1)32-21-24-38(25-22-32)49(39-15-7-14-37(28-39)41-18-8-13-33-10-3-5-16-40(33)41)44-29-48-30-45-46(44)43-26-23-34-11-4-6-17-42(34)47(43)50-45/h1-30H. The first-order chi connectivity index (χ1) is 24.8. The first kappa shape index (κ1) is 28.3. The Bertz CT molecular complexity index is 2880. The van der Waals surface area contributed by atoms with Gasteiger partial charge in [-0.25, -0.2) is 0 Å². The number of pyridine rings is 1. The predicted octanol–water partition coefficient (Wildman–Crippen LogP) is 13.2. The second kappa shape index (κ2) is 11.5. The molecule has 0 saturated heterocycles. The van der Waals surface area contributed by atoms with Crippen molar-refractivity contribution >= 4 is 71.3 Å². The van der Waals surface area contributed by atoms with Crippen molar-refractivity contribution in [1.29, 1.82) is 0 Å². The fourth-order valence-corrected chi connectivity index (χ4v) is 7.50. The summed E-state index contributed by atoms with van der Waals surface area (Å²) in [5.74, 6) is 0. The molecule has 234 valence electrons. The van der Waals surface area contributed by atoms with E-state index in [1.807, 2.05) is 12.4 Å². The molecule has 3 heteroatoms. The molecule has 3 nitrogen and oxygen atoms in total. The van der Waals surface area contributed by atoms with E-state index in [-0.39, 0.29) is 0 Å². The van der Waals surface area contributed by atoms with Crippen molar-refractivity contribution in [3.63, 3.8) is 0 Å². The molecule has 0 bridgehead atoms. The van der Waals surface area contributed by atoms with Crippen molar-refractivity contribution in [3.05, 3.63) is 182 Å². The second-order valence-electron chi connectivity index (χ2n) is 12.8. The molecule has 0 N–H and O–H groups in total. The Morgan fingerprint density at radius 3 is 1.96 bits per heavy atom. The molecule has 0 spiro atoms. The van der Waals surface area contributed by atoms with E-state index in [0.717, 1.165) is 55.3 Å². The molecule has 0 unspecified atom stereocenters. The Morgan fingerprint density at radius 1 is 0.420 bits per heavy atom. The van der Waals surface area contributed by atoms with E-state index < -0.39 is 0 Å². The van der Waals surface area contributed by atoms with Crippen LogP contribution in [0.3, 0.4) is 0 Å². The number of anilines is 3. The van der Waals surface area contributed by atoms with Gasteiger partial charge in [-0.15, -0.1) is 0 Å². The first-order valence-electron chi connectivity index (χ1n) is 16.9. The van der Waals surface area contributed by atoms with Crippen LogP contribution in [0.25, 0.3) is 76.5 Å². The van der Waals surface area contributed by atoms with Gasteiger partial charge in [0.1, 0.15) is 5.58 Å². The summed E-state index contributed by atoms with van der Waals surface area (Å²) in [6.07, 6.45) is 3.80. The van der Waals surface area contributed by atoms with Crippen LogP contribution in [0, 0.1) is 0 Å². The number of furan rings is 1. The van der Waals surface area contributed by atoms with Crippen molar-refractivity contribution in [2.75, 3.05) is 4.90 Å². The summed E-state index contributed by atoms with van der Waals surface area (Å²) in [5, 5.41) is 9.28. The normalized spacial score (nSPS) is 11.6. The maximum absolute atomic E-state index is 6.59. The smallest absolute Gasteiger partial charge is 0.155 e. The van der Waals surface area contributed by atoms with Gasteiger partial charge in [0.15, 0.2) is 5.58 Å². The third kappa shape index (κ3) is 4.63. The lowest BCUT2D eigenvalue weighted by Crippen LogP contribution is -2.10. The molecule has 0 aliphatic heterocycles. The van der Waals surface area contributed by atoms with Gasteiger partial charge in [-0.3, -0.25) is 4.98 Å². The van der Waals surface area contributed by atoms with Crippen molar-refractivity contribution in [1.82, 2.24) is 4.98 Å². The Balaban J connectivity index is 1.18. The number of aromatic nitrogens is 1. The SMILES string of the molecule is c1cc(-c2cccc3ccccc23)cc(N(c2ccc(-c3ccc4ccccc4c3)cc2)c2cncc3oc4c5ccccc5ccc4c23)c1. The first-order valence-corrected chi connectivity index (χ1v) is 16.9. The molecular formula is C47H30N2O. The number of nitrogens with zero attached hydrogens (tertiary/aromatic N) is 2. The number of rotatable bonds is 5. The summed E-state index contributed by atoms with van der Waals surface area (Å²) in [4.78, 5) is 7.06. The molecule has 0 amide bonds. The van der Waals surface area contributed by atoms with E-state index in [2.05, 4.69) is 175 Å². The molecule has 0 atom stereocenters. The van der Waals surface area contributed by atoms with Crippen LogP contribution in [0.1, 0.15) is 0 Å². The largest absolute Gasteiger partial charge is 0.454 e. The maximum Gasteiger partial charge on any atom is 0.155 e. The molecule has 8 aromatic carbocycles. The maximum atomic E-state index is 6.59. The van der Waals surface area contributed by atoms with Crippen LogP contribution in [0.4, 0.5) is 17.1 Å². The van der Waals surface area contributed by atoms with Crippen molar-refractivity contribution in [2.24, 2.45) is 0 Å². The molecule has 0 saturated carbocycles. The van der Waals surface area contributed by atoms with Gasteiger partial charge in [-0.05, 0) is 85.6 Å². The van der Waals surface area contributed by atoms with E-state index in [9.17, 15) is 0 Å². The van der Waals surface area contributed by atoms with Crippen LogP contribution in [0.2, 0.25) is 0 Å². The quantitative estimate of drug-likeness (QED) is 0.188. The van der Waals surface area contributed by atoms with Gasteiger partial charge in [0.25, 0.3) is 0 Å². The fourth-order valence-electron chi connectivity index (χ4n) is 7.50. The summed E-state index contributed by atoms with van der Waals surface area (Å²) in [7, 11) is 0.